The molecule has 0 radical (unpaired) electrons. The van der Waals surface area contributed by atoms with Gasteiger partial charge >= 0.3 is 12.1 Å². The molecule has 0 unspecified atom stereocenters. The molecule has 2 aromatic rings. The zero-order chi connectivity index (χ0) is 24.1. The van der Waals surface area contributed by atoms with E-state index in [1.54, 1.807) is 41.0 Å². The number of fused-ring (bicyclic) bond motifs is 1. The first-order valence-electron chi connectivity index (χ1n) is 11.9. The molecule has 2 aliphatic heterocycles. The molecule has 0 bridgehead atoms. The minimum atomic E-state index is -3.81. The molecule has 0 aliphatic carbocycles. The van der Waals surface area contributed by atoms with Crippen molar-refractivity contribution >= 4 is 38.6 Å². The van der Waals surface area contributed by atoms with Crippen LogP contribution in [0.3, 0.4) is 0 Å². The second-order valence-electron chi connectivity index (χ2n) is 8.72. The number of carbonyl (C=O) groups excluding carboxylic acids is 2. The van der Waals surface area contributed by atoms with Gasteiger partial charge in [-0.15, -0.1) is 0 Å². The van der Waals surface area contributed by atoms with Crippen LogP contribution in [0.1, 0.15) is 39.0 Å². The van der Waals surface area contributed by atoms with E-state index in [1.807, 2.05) is 12.1 Å². The van der Waals surface area contributed by atoms with E-state index in [1.165, 1.54) is 0 Å². The fourth-order valence-electron chi connectivity index (χ4n) is 4.58. The van der Waals surface area contributed by atoms with Gasteiger partial charge in [0.15, 0.2) is 0 Å². The van der Waals surface area contributed by atoms with E-state index in [0.717, 1.165) is 32.4 Å². The maximum Gasteiger partial charge on any atom is 0.409 e. The summed E-state index contributed by atoms with van der Waals surface area (Å²) < 4.78 is 34.4. The number of hydrogen-bond donors (Lipinski definition) is 2. The van der Waals surface area contributed by atoms with Gasteiger partial charge in [0.05, 0.1) is 17.2 Å². The number of piperidine rings is 2. The Kier molecular flexibility index (Phi) is 7.57. The molecular formula is C24H32N4O5S. The second-order valence-corrected chi connectivity index (χ2v) is 10.4. The molecule has 2 fully saturated rings. The maximum atomic E-state index is 13.3. The van der Waals surface area contributed by atoms with E-state index in [4.69, 9.17) is 4.74 Å². The molecule has 0 saturated carbocycles. The van der Waals surface area contributed by atoms with Crippen LogP contribution < -0.4 is 10.0 Å². The molecule has 2 heterocycles. The van der Waals surface area contributed by atoms with Crippen LogP contribution in [-0.2, 0) is 14.8 Å². The second kappa shape index (κ2) is 10.6. The summed E-state index contributed by atoms with van der Waals surface area (Å²) in [6, 6.07) is 9.96. The summed E-state index contributed by atoms with van der Waals surface area (Å²) in [4.78, 5) is 28.2. The standard InChI is InChI=1S/C24H32N4O5S/c1-2-33-24(30)28-16-12-18(13-17-28)26-34(31,32)22-11-10-21(19-8-4-5-9-20(19)22)25-23(29)27-14-6-3-7-15-27/h4-5,8-11,18,26H,2-3,6-7,12-17H2,1H3,(H,25,29). The molecule has 34 heavy (non-hydrogen) atoms. The van der Waals surface area contributed by atoms with Gasteiger partial charge in [0, 0.05) is 43.0 Å². The number of nitrogens with zero attached hydrogens (tertiary/aromatic N) is 2. The van der Waals surface area contributed by atoms with Crippen molar-refractivity contribution in [3.63, 3.8) is 0 Å². The van der Waals surface area contributed by atoms with Crippen LogP contribution in [0.2, 0.25) is 0 Å². The Balaban J connectivity index is 1.50. The summed E-state index contributed by atoms with van der Waals surface area (Å²) in [5.41, 5.74) is 0.591. The molecule has 4 rings (SSSR count). The minimum Gasteiger partial charge on any atom is -0.450 e. The first-order valence-corrected chi connectivity index (χ1v) is 13.4. The van der Waals surface area contributed by atoms with E-state index in [9.17, 15) is 18.0 Å². The molecule has 0 atom stereocenters. The molecule has 2 saturated heterocycles. The Morgan fingerprint density at radius 1 is 0.941 bits per heavy atom. The number of urea groups is 1. The van der Waals surface area contributed by atoms with Gasteiger partial charge in [-0.05, 0) is 51.2 Å². The van der Waals surface area contributed by atoms with Gasteiger partial charge in [0.2, 0.25) is 10.0 Å². The number of amides is 3. The van der Waals surface area contributed by atoms with Crippen molar-refractivity contribution in [3.05, 3.63) is 36.4 Å². The Labute approximate surface area is 200 Å². The number of likely N-dealkylation sites (tertiary alicyclic amines) is 2. The molecule has 9 nitrogen and oxygen atoms in total. The monoisotopic (exact) mass is 488 g/mol. The van der Waals surface area contributed by atoms with E-state index < -0.39 is 10.0 Å². The highest BCUT2D eigenvalue weighted by molar-refractivity contribution is 7.89. The Morgan fingerprint density at radius 2 is 1.62 bits per heavy atom. The number of sulfonamides is 1. The van der Waals surface area contributed by atoms with Crippen LogP contribution in [-0.4, -0.2) is 69.2 Å². The smallest absolute Gasteiger partial charge is 0.409 e. The van der Waals surface area contributed by atoms with Crippen LogP contribution in [0.25, 0.3) is 10.8 Å². The topological polar surface area (TPSA) is 108 Å². The van der Waals surface area contributed by atoms with E-state index in [0.29, 0.717) is 49.0 Å². The highest BCUT2D eigenvalue weighted by Gasteiger charge is 2.28. The van der Waals surface area contributed by atoms with Crippen LogP contribution in [0.5, 0.6) is 0 Å². The SMILES string of the molecule is CCOC(=O)N1CCC(NS(=O)(=O)c2ccc(NC(=O)N3CCCCC3)c3ccccc23)CC1. The van der Waals surface area contributed by atoms with Crippen molar-refractivity contribution in [1.29, 1.82) is 0 Å². The van der Waals surface area contributed by atoms with Crippen molar-refractivity contribution in [2.45, 2.75) is 50.0 Å². The highest BCUT2D eigenvalue weighted by Crippen LogP contribution is 2.30. The summed E-state index contributed by atoms with van der Waals surface area (Å²) in [5, 5.41) is 4.19. The molecule has 2 aromatic carbocycles. The number of benzene rings is 2. The molecule has 2 aliphatic rings. The number of nitrogens with one attached hydrogen (secondary N) is 2. The third kappa shape index (κ3) is 5.44. The quantitative estimate of drug-likeness (QED) is 0.666. The van der Waals surface area contributed by atoms with Gasteiger partial charge in [-0.25, -0.2) is 22.7 Å². The lowest BCUT2D eigenvalue weighted by Crippen LogP contribution is -2.46. The van der Waals surface area contributed by atoms with Gasteiger partial charge in [-0.2, -0.15) is 0 Å². The zero-order valence-electron chi connectivity index (χ0n) is 19.5. The van der Waals surface area contributed by atoms with Crippen molar-refractivity contribution in [3.8, 4) is 0 Å². The van der Waals surface area contributed by atoms with Crippen molar-refractivity contribution in [2.75, 3.05) is 38.1 Å². The number of hydrogen-bond acceptors (Lipinski definition) is 5. The minimum absolute atomic E-state index is 0.160. The molecule has 10 heteroatoms. The van der Waals surface area contributed by atoms with E-state index in [2.05, 4.69) is 10.0 Å². The fourth-order valence-corrected chi connectivity index (χ4v) is 6.10. The molecular weight excluding hydrogens is 456 g/mol. The predicted molar refractivity (Wildman–Crippen MR) is 130 cm³/mol. The molecule has 0 aromatic heterocycles. The van der Waals surface area contributed by atoms with Crippen LogP contribution >= 0.6 is 0 Å². The lowest BCUT2D eigenvalue weighted by atomic mass is 10.1. The first-order chi connectivity index (χ1) is 16.4. The van der Waals surface area contributed by atoms with Crippen molar-refractivity contribution in [1.82, 2.24) is 14.5 Å². The lowest BCUT2D eigenvalue weighted by molar-refractivity contribution is 0.0966. The van der Waals surface area contributed by atoms with E-state index in [-0.39, 0.29) is 23.1 Å². The van der Waals surface area contributed by atoms with Gasteiger partial charge < -0.3 is 19.9 Å². The first kappa shape index (κ1) is 24.3. The summed E-state index contributed by atoms with van der Waals surface area (Å²) in [5.74, 6) is 0. The number of carbonyl (C=O) groups is 2. The van der Waals surface area contributed by atoms with Gasteiger partial charge in [0.25, 0.3) is 0 Å². The van der Waals surface area contributed by atoms with Crippen molar-refractivity contribution < 1.29 is 22.7 Å². The molecule has 2 N–H and O–H groups in total. The van der Waals surface area contributed by atoms with Crippen LogP contribution in [0.4, 0.5) is 15.3 Å². The summed E-state index contributed by atoms with van der Waals surface area (Å²) >= 11 is 0. The average molecular weight is 489 g/mol. The summed E-state index contributed by atoms with van der Waals surface area (Å²) in [6.07, 6.45) is 3.79. The normalized spacial score (nSPS) is 17.6. The Morgan fingerprint density at radius 3 is 2.29 bits per heavy atom. The van der Waals surface area contributed by atoms with Gasteiger partial charge in [-0.3, -0.25) is 0 Å². The largest absolute Gasteiger partial charge is 0.450 e. The summed E-state index contributed by atoms with van der Waals surface area (Å²) in [6.45, 7) is 4.41. The van der Waals surface area contributed by atoms with Crippen LogP contribution in [0, 0.1) is 0 Å². The molecule has 184 valence electrons. The Bertz CT molecular complexity index is 1140. The van der Waals surface area contributed by atoms with Crippen LogP contribution in [0.15, 0.2) is 41.3 Å². The number of ether oxygens (including phenoxy) is 1. The lowest BCUT2D eigenvalue weighted by Gasteiger charge is -2.31. The summed E-state index contributed by atoms with van der Waals surface area (Å²) in [7, 11) is -3.81. The third-order valence-corrected chi connectivity index (χ3v) is 7.98. The predicted octanol–water partition coefficient (Wildman–Crippen LogP) is 3.76. The average Bonchev–Trinajstić information content (AvgIpc) is 2.85. The third-order valence-electron chi connectivity index (χ3n) is 6.40. The van der Waals surface area contributed by atoms with Crippen molar-refractivity contribution in [2.24, 2.45) is 0 Å². The highest BCUT2D eigenvalue weighted by atomic mass is 32.2. The van der Waals surface area contributed by atoms with Gasteiger partial charge in [-0.1, -0.05) is 24.3 Å². The number of anilines is 1. The van der Waals surface area contributed by atoms with E-state index >= 15 is 0 Å². The number of rotatable bonds is 5. The maximum absolute atomic E-state index is 13.3. The van der Waals surface area contributed by atoms with Gasteiger partial charge in [0.1, 0.15) is 0 Å². The fraction of sp³-hybridized carbons (Fsp3) is 0.500. The Hall–Kier alpha value is -2.85. The molecule has 0 spiro atoms. The molecule has 3 amide bonds. The zero-order valence-corrected chi connectivity index (χ0v) is 20.3.